The Labute approximate surface area is 376 Å². The Morgan fingerprint density at radius 2 is 1.00 bits per heavy atom. The molecule has 0 saturated carbocycles. The number of halogens is 3. The van der Waals surface area contributed by atoms with E-state index in [1.54, 1.807) is 72.9 Å². The Balaban J connectivity index is 0.000000176. The van der Waals surface area contributed by atoms with E-state index in [1.807, 2.05) is 117 Å². The number of rotatable bonds is 10. The smallest absolute Gasteiger partial charge is 0.457 e. The topological polar surface area (TPSA) is 132 Å². The van der Waals surface area contributed by atoms with Gasteiger partial charge in [-0.05, 0) is 95.2 Å². The third-order valence-electron chi connectivity index (χ3n) is 9.77. The summed E-state index contributed by atoms with van der Waals surface area (Å²) in [6, 6.07) is 51.7. The summed E-state index contributed by atoms with van der Waals surface area (Å²) in [6.07, 6.45) is 4.70. The molecular weight excluding hydrogens is 829 g/mol. The first kappa shape index (κ1) is 45.9. The fraction of sp³-hybridized carbons (Fsp3) is 0.0769. The van der Waals surface area contributed by atoms with Gasteiger partial charge in [-0.3, -0.25) is 4.98 Å². The van der Waals surface area contributed by atoms with E-state index in [9.17, 15) is 9.65 Å². The first-order valence-corrected chi connectivity index (χ1v) is 20.5. The van der Waals surface area contributed by atoms with Crippen LogP contribution in [0, 0.1) is 34.3 Å². The van der Waals surface area contributed by atoms with E-state index >= 15 is 4.39 Å². The van der Waals surface area contributed by atoms with Gasteiger partial charge in [0.25, 0.3) is 0 Å². The Bertz CT molecular complexity index is 2890. The molecule has 0 bridgehead atoms. The standard InChI is InChI=1S/C26H19FN2O.C18H10ClFN2O.C8H11BO2/c1-2-18-7-6-8-20(15-18)26-25(27)23(16-28)24(17-29-26)19-11-13-22(14-12-19)30-21-9-4-3-5-10-21;19-18-17(20)15(10-21)16(11-22-18)12-6-8-14(9-7-12)23-13-4-2-1-3-5-13;1-2-7-4-3-5-8(6-7)9(10)11/h3-15,17H,2H2,1H3;1-9,11H;3-6,10-11H,2H2,1H3. The third-order valence-corrected chi connectivity index (χ3v) is 10.0. The van der Waals surface area contributed by atoms with E-state index in [1.165, 1.54) is 6.20 Å². The van der Waals surface area contributed by atoms with E-state index in [0.29, 0.717) is 44.8 Å². The van der Waals surface area contributed by atoms with Crippen molar-refractivity contribution in [3.05, 3.63) is 209 Å². The van der Waals surface area contributed by atoms with E-state index in [2.05, 4.69) is 9.97 Å². The lowest BCUT2D eigenvalue weighted by Crippen LogP contribution is -2.29. The summed E-state index contributed by atoms with van der Waals surface area (Å²) >= 11 is 5.61. The van der Waals surface area contributed by atoms with Crippen molar-refractivity contribution in [2.24, 2.45) is 0 Å². The number of hydrogen-bond donors (Lipinski definition) is 2. The summed E-state index contributed by atoms with van der Waals surface area (Å²) in [6.45, 7) is 4.07. The molecule has 8 rings (SSSR count). The van der Waals surface area contributed by atoms with Crippen molar-refractivity contribution in [2.75, 3.05) is 0 Å². The van der Waals surface area contributed by atoms with Crippen LogP contribution in [-0.4, -0.2) is 27.1 Å². The van der Waals surface area contributed by atoms with Crippen molar-refractivity contribution < 1.29 is 28.3 Å². The second-order valence-corrected chi connectivity index (χ2v) is 14.3. The Morgan fingerprint density at radius 3 is 1.48 bits per heavy atom. The van der Waals surface area contributed by atoms with Crippen LogP contribution < -0.4 is 14.9 Å². The van der Waals surface area contributed by atoms with Gasteiger partial charge in [-0.25, -0.2) is 13.8 Å². The molecule has 0 spiro atoms. The van der Waals surface area contributed by atoms with Crippen molar-refractivity contribution in [3.8, 4) is 68.6 Å². The average molecular weight is 869 g/mol. The van der Waals surface area contributed by atoms with Gasteiger partial charge < -0.3 is 19.5 Å². The van der Waals surface area contributed by atoms with Crippen LogP contribution in [0.2, 0.25) is 5.15 Å². The lowest BCUT2D eigenvalue weighted by Gasteiger charge is -2.11. The summed E-state index contributed by atoms with van der Waals surface area (Å²) in [5.41, 5.74) is 5.69. The molecule has 0 saturated heterocycles. The van der Waals surface area contributed by atoms with E-state index in [-0.39, 0.29) is 22.0 Å². The van der Waals surface area contributed by atoms with E-state index in [0.717, 1.165) is 35.5 Å². The molecule has 8 aromatic rings. The van der Waals surface area contributed by atoms with Gasteiger partial charge in [0.1, 0.15) is 46.4 Å². The molecule has 2 N–H and O–H groups in total. The van der Waals surface area contributed by atoms with Crippen LogP contribution in [0.25, 0.3) is 33.5 Å². The molecule has 0 aliphatic heterocycles. The minimum Gasteiger partial charge on any atom is -0.457 e. The molecule has 316 valence electrons. The predicted molar refractivity (Wildman–Crippen MR) is 247 cm³/mol. The van der Waals surface area contributed by atoms with Gasteiger partial charge in [-0.2, -0.15) is 10.5 Å². The monoisotopic (exact) mass is 868 g/mol. The van der Waals surface area contributed by atoms with Gasteiger partial charge in [0, 0.05) is 29.1 Å². The minimum absolute atomic E-state index is 0.0152. The highest BCUT2D eigenvalue weighted by Gasteiger charge is 2.18. The maximum atomic E-state index is 15.2. The van der Waals surface area contributed by atoms with Gasteiger partial charge >= 0.3 is 7.12 Å². The first-order valence-electron chi connectivity index (χ1n) is 20.2. The Morgan fingerprint density at radius 1 is 0.547 bits per heavy atom. The van der Waals surface area contributed by atoms with Crippen molar-refractivity contribution in [2.45, 2.75) is 26.7 Å². The molecule has 8 nitrogen and oxygen atoms in total. The number of aromatic nitrogens is 2. The molecular formula is C52H40BClF2N4O4. The highest BCUT2D eigenvalue weighted by atomic mass is 35.5. The molecule has 0 amide bonds. The zero-order valence-electron chi connectivity index (χ0n) is 34.8. The number of benzene rings is 6. The van der Waals surface area contributed by atoms with Crippen LogP contribution in [0.1, 0.15) is 36.1 Å². The Hall–Kier alpha value is -7.67. The van der Waals surface area contributed by atoms with E-state index in [4.69, 9.17) is 36.4 Å². The quantitative estimate of drug-likeness (QED) is 0.103. The fourth-order valence-electron chi connectivity index (χ4n) is 6.37. The number of para-hydroxylation sites is 2. The lowest BCUT2D eigenvalue weighted by atomic mass is 9.79. The van der Waals surface area contributed by atoms with Gasteiger partial charge in [0.2, 0.25) is 0 Å². The molecule has 64 heavy (non-hydrogen) atoms. The largest absolute Gasteiger partial charge is 0.488 e. The molecule has 0 radical (unpaired) electrons. The molecule has 0 atom stereocenters. The van der Waals surface area contributed by atoms with Crippen molar-refractivity contribution in [1.82, 2.24) is 9.97 Å². The fourth-order valence-corrected chi connectivity index (χ4v) is 6.52. The summed E-state index contributed by atoms with van der Waals surface area (Å²) < 4.78 is 40.6. The summed E-state index contributed by atoms with van der Waals surface area (Å²) in [4.78, 5) is 8.10. The second kappa shape index (κ2) is 22.4. The van der Waals surface area contributed by atoms with Crippen molar-refractivity contribution >= 4 is 24.2 Å². The zero-order valence-corrected chi connectivity index (χ0v) is 35.5. The Kier molecular flexibility index (Phi) is 16.1. The highest BCUT2D eigenvalue weighted by Crippen LogP contribution is 2.33. The predicted octanol–water partition coefficient (Wildman–Crippen LogP) is 11.9. The number of hydrogen-bond acceptors (Lipinski definition) is 8. The maximum absolute atomic E-state index is 15.2. The van der Waals surface area contributed by atoms with Crippen LogP contribution in [0.15, 0.2) is 170 Å². The number of nitrogens with zero attached hydrogens (tertiary/aromatic N) is 4. The summed E-state index contributed by atoms with van der Waals surface area (Å²) in [5, 5.41) is 36.1. The highest BCUT2D eigenvalue weighted by molar-refractivity contribution is 6.58. The molecule has 0 aliphatic carbocycles. The lowest BCUT2D eigenvalue weighted by molar-refractivity contribution is 0.425. The van der Waals surface area contributed by atoms with Crippen LogP contribution in [0.4, 0.5) is 8.78 Å². The van der Waals surface area contributed by atoms with Gasteiger partial charge in [-0.1, -0.05) is 129 Å². The van der Waals surface area contributed by atoms with Gasteiger partial charge in [-0.15, -0.1) is 0 Å². The van der Waals surface area contributed by atoms with E-state index < -0.39 is 18.8 Å². The first-order chi connectivity index (χ1) is 31.1. The van der Waals surface area contributed by atoms with Gasteiger partial charge in [0.05, 0.1) is 5.56 Å². The average Bonchev–Trinajstić information content (AvgIpc) is 3.34. The summed E-state index contributed by atoms with van der Waals surface area (Å²) in [7, 11) is -1.35. The molecule has 2 heterocycles. The molecule has 6 aromatic carbocycles. The SMILES string of the molecule is CCc1cccc(-c2ncc(-c3ccc(Oc4ccccc4)cc3)c(C#N)c2F)c1.CCc1cccc(B(O)O)c1.N#Cc1c(-c2ccc(Oc3ccccc3)cc2)cnc(Cl)c1F. The molecule has 2 aromatic heterocycles. The van der Waals surface area contributed by atoms with Gasteiger partial charge in [0.15, 0.2) is 16.8 Å². The van der Waals surface area contributed by atoms with Crippen LogP contribution in [-0.2, 0) is 12.8 Å². The van der Waals surface area contributed by atoms with Crippen LogP contribution in [0.3, 0.4) is 0 Å². The van der Waals surface area contributed by atoms with Crippen molar-refractivity contribution in [1.29, 1.82) is 10.5 Å². The number of pyridine rings is 2. The second-order valence-electron chi connectivity index (χ2n) is 14.0. The maximum Gasteiger partial charge on any atom is 0.488 e. The molecule has 0 fully saturated rings. The molecule has 12 heteroatoms. The minimum atomic E-state index is -1.35. The number of nitriles is 2. The molecule has 0 unspecified atom stereocenters. The normalized spacial score (nSPS) is 10.2. The summed E-state index contributed by atoms with van der Waals surface area (Å²) in [5.74, 6) is 1.33. The number of ether oxygens (including phenoxy) is 2. The van der Waals surface area contributed by atoms with Crippen LogP contribution in [0.5, 0.6) is 23.0 Å². The van der Waals surface area contributed by atoms with Crippen LogP contribution >= 0.6 is 11.6 Å². The number of aryl methyl sites for hydroxylation is 2. The third kappa shape index (κ3) is 11.8. The zero-order chi connectivity index (χ0) is 45.4. The van der Waals surface area contributed by atoms with Crippen molar-refractivity contribution in [3.63, 3.8) is 0 Å². The molecule has 0 aliphatic rings.